The number of anilines is 1. The molecule has 0 aliphatic rings. The van der Waals surface area contributed by atoms with Crippen LogP contribution in [0.25, 0.3) is 22.4 Å². The van der Waals surface area contributed by atoms with Crippen LogP contribution in [-0.4, -0.2) is 25.9 Å². The van der Waals surface area contributed by atoms with Gasteiger partial charge in [-0.05, 0) is 36.2 Å². The van der Waals surface area contributed by atoms with Crippen molar-refractivity contribution in [3.05, 3.63) is 107 Å². The van der Waals surface area contributed by atoms with Gasteiger partial charge in [0.2, 0.25) is 5.95 Å². The van der Waals surface area contributed by atoms with Gasteiger partial charge in [0.1, 0.15) is 10.4 Å². The summed E-state index contributed by atoms with van der Waals surface area (Å²) in [6.07, 6.45) is 0.915. The Morgan fingerprint density at radius 1 is 0.853 bits per heavy atom. The standard InChI is InChI=1S/C27H25N5OS/c1-2-18-28-27-29-24-23(26(33)31(27)21-14-8-4-9-15-21)25(34-19-20-12-6-3-7-13-20)30-32(24)22-16-10-5-11-17-22/h3-17H,2,18-19H2,1H3,(H,28,29). The lowest BCUT2D eigenvalue weighted by Crippen LogP contribution is -2.24. The van der Waals surface area contributed by atoms with Crippen LogP contribution in [0.3, 0.4) is 0 Å². The van der Waals surface area contributed by atoms with E-state index in [9.17, 15) is 4.79 Å². The predicted molar refractivity (Wildman–Crippen MR) is 139 cm³/mol. The number of rotatable bonds is 8. The first-order chi connectivity index (χ1) is 16.8. The van der Waals surface area contributed by atoms with Crippen LogP contribution in [0.2, 0.25) is 0 Å². The minimum Gasteiger partial charge on any atom is -0.355 e. The van der Waals surface area contributed by atoms with E-state index in [1.807, 2.05) is 78.9 Å². The van der Waals surface area contributed by atoms with Crippen molar-refractivity contribution in [2.24, 2.45) is 0 Å². The van der Waals surface area contributed by atoms with Crippen molar-refractivity contribution in [3.63, 3.8) is 0 Å². The number of hydrogen-bond donors (Lipinski definition) is 1. The Morgan fingerprint density at radius 2 is 1.47 bits per heavy atom. The highest BCUT2D eigenvalue weighted by Gasteiger charge is 2.22. The summed E-state index contributed by atoms with van der Waals surface area (Å²) in [6, 6.07) is 29.7. The summed E-state index contributed by atoms with van der Waals surface area (Å²) in [5.74, 6) is 1.23. The Bertz CT molecular complexity index is 1450. The van der Waals surface area contributed by atoms with Crippen molar-refractivity contribution in [2.45, 2.75) is 24.1 Å². The molecule has 6 nitrogen and oxygen atoms in total. The monoisotopic (exact) mass is 467 g/mol. The number of fused-ring (bicyclic) bond motifs is 1. The zero-order chi connectivity index (χ0) is 23.3. The zero-order valence-corrected chi connectivity index (χ0v) is 19.7. The molecule has 0 atom stereocenters. The van der Waals surface area contributed by atoms with E-state index < -0.39 is 0 Å². The summed E-state index contributed by atoms with van der Waals surface area (Å²) in [5, 5.41) is 9.41. The molecule has 0 spiro atoms. The number of aromatic nitrogens is 4. The minimum absolute atomic E-state index is 0.132. The van der Waals surface area contributed by atoms with E-state index in [0.29, 0.717) is 34.3 Å². The molecule has 7 heteroatoms. The molecule has 1 N–H and O–H groups in total. The molecule has 0 aliphatic carbocycles. The van der Waals surface area contributed by atoms with Gasteiger partial charge in [-0.25, -0.2) is 9.25 Å². The average molecular weight is 468 g/mol. The van der Waals surface area contributed by atoms with Crippen molar-refractivity contribution < 1.29 is 0 Å². The fourth-order valence-corrected chi connectivity index (χ4v) is 4.74. The largest absolute Gasteiger partial charge is 0.355 e. The Kier molecular flexibility index (Phi) is 6.44. The fraction of sp³-hybridized carbons (Fsp3) is 0.148. The molecule has 0 saturated carbocycles. The second-order valence-corrected chi connectivity index (χ2v) is 8.83. The van der Waals surface area contributed by atoms with Gasteiger partial charge in [0, 0.05) is 12.3 Å². The summed E-state index contributed by atoms with van der Waals surface area (Å²) in [7, 11) is 0. The van der Waals surface area contributed by atoms with Gasteiger partial charge in [-0.3, -0.25) is 4.79 Å². The Morgan fingerprint density at radius 3 is 2.12 bits per heavy atom. The highest BCUT2D eigenvalue weighted by atomic mass is 32.2. The molecule has 0 saturated heterocycles. The highest BCUT2D eigenvalue weighted by molar-refractivity contribution is 7.98. The van der Waals surface area contributed by atoms with E-state index in [-0.39, 0.29) is 5.56 Å². The molecule has 3 aromatic carbocycles. The Hall–Kier alpha value is -3.84. The van der Waals surface area contributed by atoms with Gasteiger partial charge in [-0.15, -0.1) is 0 Å². The normalized spacial score (nSPS) is 11.1. The maximum Gasteiger partial charge on any atom is 0.271 e. The van der Waals surface area contributed by atoms with Gasteiger partial charge >= 0.3 is 0 Å². The topological polar surface area (TPSA) is 64.7 Å². The number of nitrogens with one attached hydrogen (secondary N) is 1. The van der Waals surface area contributed by atoms with Crippen molar-refractivity contribution in [1.82, 2.24) is 19.3 Å². The molecular weight excluding hydrogens is 442 g/mol. The van der Waals surface area contributed by atoms with Gasteiger partial charge in [-0.1, -0.05) is 85.4 Å². The maximum atomic E-state index is 14.0. The molecule has 0 bridgehead atoms. The second kappa shape index (κ2) is 9.97. The number of thioether (sulfide) groups is 1. The third-order valence-electron chi connectivity index (χ3n) is 5.44. The molecule has 0 unspecified atom stereocenters. The maximum absolute atomic E-state index is 14.0. The van der Waals surface area contributed by atoms with Crippen LogP contribution in [0.1, 0.15) is 18.9 Å². The van der Waals surface area contributed by atoms with Crippen LogP contribution in [0.15, 0.2) is 101 Å². The van der Waals surface area contributed by atoms with Crippen LogP contribution in [0.4, 0.5) is 5.95 Å². The second-order valence-electron chi connectivity index (χ2n) is 7.86. The van der Waals surface area contributed by atoms with E-state index in [0.717, 1.165) is 17.8 Å². The molecular formula is C27H25N5OS. The lowest BCUT2D eigenvalue weighted by molar-refractivity contribution is 0.847. The minimum atomic E-state index is -0.132. The molecule has 2 aromatic heterocycles. The van der Waals surface area contributed by atoms with Crippen LogP contribution in [-0.2, 0) is 5.75 Å². The summed E-state index contributed by atoms with van der Waals surface area (Å²) < 4.78 is 3.43. The van der Waals surface area contributed by atoms with Crippen LogP contribution in [0, 0.1) is 0 Å². The first-order valence-corrected chi connectivity index (χ1v) is 12.3. The molecule has 0 radical (unpaired) electrons. The third-order valence-corrected chi connectivity index (χ3v) is 6.47. The van der Waals surface area contributed by atoms with Crippen LogP contribution >= 0.6 is 11.8 Å². The van der Waals surface area contributed by atoms with Crippen LogP contribution < -0.4 is 10.9 Å². The van der Waals surface area contributed by atoms with E-state index in [1.165, 1.54) is 5.56 Å². The van der Waals surface area contributed by atoms with Gasteiger partial charge in [0.05, 0.1) is 11.4 Å². The molecule has 5 rings (SSSR count). The van der Waals surface area contributed by atoms with Gasteiger partial charge < -0.3 is 5.32 Å². The summed E-state index contributed by atoms with van der Waals surface area (Å²) in [5.41, 5.74) is 3.23. The van der Waals surface area contributed by atoms with Crippen molar-refractivity contribution >= 4 is 28.7 Å². The van der Waals surface area contributed by atoms with Gasteiger partial charge in [-0.2, -0.15) is 10.1 Å². The van der Waals surface area contributed by atoms with Gasteiger partial charge in [0.25, 0.3) is 5.56 Å². The molecule has 0 amide bonds. The van der Waals surface area contributed by atoms with E-state index in [2.05, 4.69) is 24.4 Å². The lowest BCUT2D eigenvalue weighted by Gasteiger charge is -2.14. The molecule has 170 valence electrons. The Labute approximate surface area is 202 Å². The van der Waals surface area contributed by atoms with Crippen molar-refractivity contribution in [1.29, 1.82) is 0 Å². The van der Waals surface area contributed by atoms with E-state index >= 15 is 0 Å². The smallest absolute Gasteiger partial charge is 0.271 e. The number of para-hydroxylation sites is 2. The van der Waals surface area contributed by atoms with E-state index in [1.54, 1.807) is 21.0 Å². The molecule has 0 aliphatic heterocycles. The zero-order valence-electron chi connectivity index (χ0n) is 18.9. The first kappa shape index (κ1) is 22.0. The van der Waals surface area contributed by atoms with Gasteiger partial charge in [0.15, 0.2) is 5.65 Å². The molecule has 34 heavy (non-hydrogen) atoms. The third kappa shape index (κ3) is 4.34. The Balaban J connectivity index is 1.73. The lowest BCUT2D eigenvalue weighted by atomic mass is 10.2. The predicted octanol–water partition coefficient (Wildman–Crippen LogP) is 5.69. The molecule has 2 heterocycles. The number of hydrogen-bond acceptors (Lipinski definition) is 5. The van der Waals surface area contributed by atoms with E-state index in [4.69, 9.17) is 10.1 Å². The number of benzene rings is 3. The molecule has 0 fully saturated rings. The first-order valence-electron chi connectivity index (χ1n) is 11.3. The van der Waals surface area contributed by atoms with Crippen molar-refractivity contribution in [3.8, 4) is 11.4 Å². The average Bonchev–Trinajstić information content (AvgIpc) is 3.26. The fourth-order valence-electron chi connectivity index (χ4n) is 3.79. The summed E-state index contributed by atoms with van der Waals surface area (Å²) >= 11 is 1.55. The SMILES string of the molecule is CCCNc1nc2c(c(SCc3ccccc3)nn2-c2ccccc2)c(=O)n1-c1ccccc1. The highest BCUT2D eigenvalue weighted by Crippen LogP contribution is 2.30. The summed E-state index contributed by atoms with van der Waals surface area (Å²) in [4.78, 5) is 18.9. The van der Waals surface area contributed by atoms with Crippen LogP contribution in [0.5, 0.6) is 0 Å². The number of nitrogens with zero attached hydrogens (tertiary/aromatic N) is 4. The molecule has 5 aromatic rings. The van der Waals surface area contributed by atoms with Crippen molar-refractivity contribution in [2.75, 3.05) is 11.9 Å². The quantitative estimate of drug-likeness (QED) is 0.297. The summed E-state index contributed by atoms with van der Waals surface area (Å²) in [6.45, 7) is 2.79.